The average molecular weight is 199 g/mol. The Morgan fingerprint density at radius 1 is 1.43 bits per heavy atom. The van der Waals surface area contributed by atoms with Crippen molar-refractivity contribution in [2.45, 2.75) is 0 Å². The third-order valence-corrected chi connectivity index (χ3v) is 1.18. The van der Waals surface area contributed by atoms with Gasteiger partial charge in [-0.1, -0.05) is 0 Å². The molecular weight excluding hydrogens is 194 g/mol. The van der Waals surface area contributed by atoms with Crippen molar-refractivity contribution in [1.29, 1.82) is 0 Å². The number of hydrogen-bond donors (Lipinski definition) is 3. The highest BCUT2D eigenvalue weighted by molar-refractivity contribution is 5.87. The molecule has 74 valence electrons. The molecule has 1 aromatic rings. The summed E-state index contributed by atoms with van der Waals surface area (Å²) in [5.41, 5.74) is -0.314. The Bertz CT molecular complexity index is 431. The maximum absolute atomic E-state index is 10.9. The fourth-order valence-electron chi connectivity index (χ4n) is 0.711. The zero-order chi connectivity index (χ0) is 10.6. The van der Waals surface area contributed by atoms with Crippen molar-refractivity contribution in [3.8, 4) is 0 Å². The second-order valence-electron chi connectivity index (χ2n) is 2.13. The lowest BCUT2D eigenvalue weighted by molar-refractivity contribution is -0.117. The number of amides is 1. The molecule has 0 aliphatic carbocycles. The van der Waals surface area contributed by atoms with E-state index in [1.54, 1.807) is 5.48 Å². The highest BCUT2D eigenvalue weighted by Gasteiger charge is 2.09. The number of hydroxylamine groups is 1. The Labute approximate surface area is 75.9 Å². The molecule has 8 nitrogen and oxygen atoms in total. The number of carbonyl (C=O) groups is 2. The van der Waals surface area contributed by atoms with Crippen LogP contribution in [0.1, 0.15) is 10.5 Å². The van der Waals surface area contributed by atoms with Crippen LogP contribution in [-0.2, 0) is 9.63 Å². The first-order valence-corrected chi connectivity index (χ1v) is 3.37. The molecule has 0 saturated heterocycles. The number of hydrogen-bond acceptors (Lipinski definition) is 5. The molecule has 0 fully saturated rings. The van der Waals surface area contributed by atoms with E-state index < -0.39 is 17.2 Å². The van der Waals surface area contributed by atoms with E-state index in [4.69, 9.17) is 0 Å². The second kappa shape index (κ2) is 4.03. The minimum absolute atomic E-state index is 0.128. The van der Waals surface area contributed by atoms with Gasteiger partial charge in [0.2, 0.25) is 6.41 Å². The molecule has 8 heteroatoms. The van der Waals surface area contributed by atoms with Crippen molar-refractivity contribution in [3.63, 3.8) is 0 Å². The molecule has 0 saturated carbocycles. The first-order valence-electron chi connectivity index (χ1n) is 3.37. The van der Waals surface area contributed by atoms with E-state index in [9.17, 15) is 19.2 Å². The topological polar surface area (TPSA) is 121 Å². The van der Waals surface area contributed by atoms with E-state index in [0.717, 1.165) is 6.07 Å². The summed E-state index contributed by atoms with van der Waals surface area (Å²) in [5, 5.41) is 0. The normalized spacial score (nSPS) is 9.14. The van der Waals surface area contributed by atoms with Crippen molar-refractivity contribution < 1.29 is 14.4 Å². The molecule has 0 spiro atoms. The summed E-state index contributed by atoms with van der Waals surface area (Å²) in [6, 6.07) is 0.830. The van der Waals surface area contributed by atoms with Gasteiger partial charge < -0.3 is 9.82 Å². The Morgan fingerprint density at radius 3 is 2.71 bits per heavy atom. The number of nitrogens with one attached hydrogen (secondary N) is 3. The highest BCUT2D eigenvalue weighted by Crippen LogP contribution is 1.87. The van der Waals surface area contributed by atoms with Gasteiger partial charge in [0.15, 0.2) is 0 Å². The lowest BCUT2D eigenvalue weighted by Crippen LogP contribution is -2.27. The minimum atomic E-state index is -1.04. The fraction of sp³-hybridized carbons (Fsp3) is 0. The van der Waals surface area contributed by atoms with Crippen molar-refractivity contribution in [3.05, 3.63) is 32.6 Å². The van der Waals surface area contributed by atoms with Crippen molar-refractivity contribution in [2.75, 3.05) is 0 Å². The van der Waals surface area contributed by atoms with Crippen molar-refractivity contribution >= 4 is 12.4 Å². The standard InChI is InChI=1S/C6H5N3O5/c10-2-7-14-5(12)3-1-4(11)9-6(13)8-3/h1-2H,(H,7,10)(H2,8,9,11,13). The summed E-state index contributed by atoms with van der Waals surface area (Å²) in [6.07, 6.45) is 0.128. The van der Waals surface area contributed by atoms with Crippen LogP contribution < -0.4 is 16.7 Å². The number of carbonyl (C=O) groups excluding carboxylic acids is 2. The molecule has 0 aromatic carbocycles. The smallest absolute Gasteiger partial charge is 0.334 e. The second-order valence-corrected chi connectivity index (χ2v) is 2.13. The van der Waals surface area contributed by atoms with Gasteiger partial charge >= 0.3 is 11.7 Å². The third-order valence-electron chi connectivity index (χ3n) is 1.18. The van der Waals surface area contributed by atoms with E-state index in [1.165, 1.54) is 0 Å². The van der Waals surface area contributed by atoms with Crippen LogP contribution in [-0.4, -0.2) is 22.3 Å². The Hall–Kier alpha value is -2.38. The van der Waals surface area contributed by atoms with Crippen LogP contribution in [0.4, 0.5) is 0 Å². The highest BCUT2D eigenvalue weighted by atomic mass is 16.7. The van der Waals surface area contributed by atoms with Crippen LogP contribution in [0.15, 0.2) is 15.7 Å². The Kier molecular flexibility index (Phi) is 2.79. The number of aromatic nitrogens is 2. The maximum Gasteiger partial charge on any atom is 0.379 e. The summed E-state index contributed by atoms with van der Waals surface area (Å²) in [6.45, 7) is 0. The van der Waals surface area contributed by atoms with Crippen LogP contribution in [0.2, 0.25) is 0 Å². The van der Waals surface area contributed by atoms with Crippen LogP contribution in [0, 0.1) is 0 Å². The molecular formula is C6H5N3O5. The van der Waals surface area contributed by atoms with Crippen LogP contribution in [0.5, 0.6) is 0 Å². The largest absolute Gasteiger partial charge is 0.379 e. The molecule has 1 heterocycles. The van der Waals surface area contributed by atoms with E-state index in [1.807, 2.05) is 9.97 Å². The molecule has 0 aliphatic heterocycles. The molecule has 0 unspecified atom stereocenters. The third kappa shape index (κ3) is 2.30. The predicted molar refractivity (Wildman–Crippen MR) is 42.3 cm³/mol. The summed E-state index contributed by atoms with van der Waals surface area (Å²) in [5.74, 6) is -1.04. The van der Waals surface area contributed by atoms with E-state index in [0.29, 0.717) is 0 Å². The average Bonchev–Trinajstić information content (AvgIpc) is 2.12. The molecule has 1 rings (SSSR count). The van der Waals surface area contributed by atoms with E-state index in [2.05, 4.69) is 4.84 Å². The summed E-state index contributed by atoms with van der Waals surface area (Å²) in [7, 11) is 0. The molecule has 1 amide bonds. The van der Waals surface area contributed by atoms with E-state index in [-0.39, 0.29) is 12.1 Å². The maximum atomic E-state index is 10.9. The monoisotopic (exact) mass is 199 g/mol. The van der Waals surface area contributed by atoms with Gasteiger partial charge in [-0.3, -0.25) is 14.6 Å². The van der Waals surface area contributed by atoms with Crippen molar-refractivity contribution in [1.82, 2.24) is 15.4 Å². The predicted octanol–water partition coefficient (Wildman–Crippen LogP) is -2.12. The van der Waals surface area contributed by atoms with Gasteiger partial charge in [0.05, 0.1) is 0 Å². The molecule has 0 atom stereocenters. The van der Waals surface area contributed by atoms with Crippen LogP contribution >= 0.6 is 0 Å². The van der Waals surface area contributed by atoms with Crippen LogP contribution in [0.3, 0.4) is 0 Å². The first kappa shape index (κ1) is 9.71. The van der Waals surface area contributed by atoms with Gasteiger partial charge in [-0.25, -0.2) is 9.59 Å². The zero-order valence-corrected chi connectivity index (χ0v) is 6.70. The lowest BCUT2D eigenvalue weighted by atomic mass is 10.4. The lowest BCUT2D eigenvalue weighted by Gasteiger charge is -1.98. The fourth-order valence-corrected chi connectivity index (χ4v) is 0.711. The van der Waals surface area contributed by atoms with Gasteiger partial charge in [-0.05, 0) is 0 Å². The van der Waals surface area contributed by atoms with Gasteiger partial charge in [0.25, 0.3) is 5.56 Å². The van der Waals surface area contributed by atoms with Gasteiger partial charge in [0.1, 0.15) is 5.69 Å². The number of rotatable bonds is 3. The molecule has 0 radical (unpaired) electrons. The first-order chi connectivity index (χ1) is 6.63. The molecule has 0 aliphatic rings. The Morgan fingerprint density at radius 2 is 2.14 bits per heavy atom. The SMILES string of the molecule is O=CNOC(=O)c1cc(=O)[nH]c(=O)[nH]1. The minimum Gasteiger partial charge on any atom is -0.334 e. The summed E-state index contributed by atoms with van der Waals surface area (Å²) >= 11 is 0. The zero-order valence-electron chi connectivity index (χ0n) is 6.70. The van der Waals surface area contributed by atoms with Gasteiger partial charge in [-0.2, -0.15) is 5.48 Å². The van der Waals surface area contributed by atoms with Gasteiger partial charge in [0, 0.05) is 6.07 Å². The van der Waals surface area contributed by atoms with Gasteiger partial charge in [-0.15, -0.1) is 0 Å². The van der Waals surface area contributed by atoms with Crippen molar-refractivity contribution in [2.24, 2.45) is 0 Å². The van der Waals surface area contributed by atoms with Crippen LogP contribution in [0.25, 0.3) is 0 Å². The number of aromatic amines is 2. The molecule has 1 aromatic heterocycles. The quantitative estimate of drug-likeness (QED) is 0.379. The molecule has 3 N–H and O–H groups in total. The molecule has 14 heavy (non-hydrogen) atoms. The van der Waals surface area contributed by atoms with E-state index >= 15 is 0 Å². The molecule has 0 bridgehead atoms. The summed E-state index contributed by atoms with van der Waals surface area (Å²) < 4.78 is 0. The Balaban J connectivity index is 2.95. The number of H-pyrrole nitrogens is 2. The summed E-state index contributed by atoms with van der Waals surface area (Å²) in [4.78, 5) is 50.1.